The summed E-state index contributed by atoms with van der Waals surface area (Å²) in [5.41, 5.74) is 12.8. The highest BCUT2D eigenvalue weighted by Gasteiger charge is 2.49. The van der Waals surface area contributed by atoms with Gasteiger partial charge in [-0.2, -0.15) is 4.98 Å². The Morgan fingerprint density at radius 1 is 1.23 bits per heavy atom. The minimum absolute atomic E-state index is 0.0710. The first-order valence-corrected chi connectivity index (χ1v) is 10.9. The second kappa shape index (κ2) is 10.1. The van der Waals surface area contributed by atoms with Crippen LogP contribution in [0.3, 0.4) is 0 Å². The minimum Gasteiger partial charge on any atom is -0.493 e. The molecule has 9 heteroatoms. The van der Waals surface area contributed by atoms with Gasteiger partial charge in [-0.05, 0) is 37.1 Å². The molecule has 1 aliphatic rings. The number of nitrogens with two attached hydrogens (primary N) is 2. The molecule has 0 spiro atoms. The molecule has 1 saturated heterocycles. The number of guanidine groups is 1. The Bertz CT molecular complexity index is 909. The van der Waals surface area contributed by atoms with Crippen LogP contribution in [-0.2, 0) is 0 Å². The average Bonchev–Trinajstić information content (AvgIpc) is 3.32. The molecule has 1 aromatic carbocycles. The first-order valence-electron chi connectivity index (χ1n) is 10.9. The number of nitrogens with zero attached hydrogens (tertiary/aromatic N) is 3. The Morgan fingerprint density at radius 2 is 1.97 bits per heavy atom. The lowest BCUT2D eigenvalue weighted by Crippen LogP contribution is -2.36. The van der Waals surface area contributed by atoms with E-state index < -0.39 is 24.9 Å². The quantitative estimate of drug-likeness (QED) is 0.329. The van der Waals surface area contributed by atoms with Crippen LogP contribution in [0.15, 0.2) is 22.7 Å². The second-order valence-corrected chi connectivity index (χ2v) is 8.18. The predicted molar refractivity (Wildman–Crippen MR) is 114 cm³/mol. The third-order valence-corrected chi connectivity index (χ3v) is 5.52. The van der Waals surface area contributed by atoms with E-state index in [0.29, 0.717) is 12.4 Å². The molecule has 1 atom stereocenters. The van der Waals surface area contributed by atoms with Gasteiger partial charge in [-0.15, -0.1) is 0 Å². The molecule has 0 amide bonds. The Labute approximate surface area is 181 Å². The van der Waals surface area contributed by atoms with Crippen molar-refractivity contribution >= 4 is 5.96 Å². The molecule has 1 aliphatic heterocycles. The standard InChI is InChI=1S/C22H31F2N5O2/c1-3-4-5-6-7-8-11-30-18-10-9-16(12-15(18)2)19-27-20(31-28-19)17-13-22(23,24)14-29(17)21(25)26/h9-10,12,17H,3-8,11,13-14H2,1-2H3,(H3,25,26)/p+1/t17-/m0/s1. The second-order valence-electron chi connectivity index (χ2n) is 8.18. The molecule has 0 bridgehead atoms. The van der Waals surface area contributed by atoms with Crippen LogP contribution in [0, 0.1) is 6.92 Å². The summed E-state index contributed by atoms with van der Waals surface area (Å²) in [6, 6.07) is 4.76. The molecule has 4 N–H and O–H groups in total. The molecular formula is C22H32F2N5O2+. The average molecular weight is 437 g/mol. The summed E-state index contributed by atoms with van der Waals surface area (Å²) in [5, 5.41) is 3.96. The molecule has 0 radical (unpaired) electrons. The zero-order chi connectivity index (χ0) is 22.4. The maximum atomic E-state index is 13.9. The lowest BCUT2D eigenvalue weighted by molar-refractivity contribution is -0.561. The summed E-state index contributed by atoms with van der Waals surface area (Å²) < 4.78 is 40.1. The van der Waals surface area contributed by atoms with Crippen molar-refractivity contribution in [1.82, 2.24) is 10.1 Å². The Morgan fingerprint density at radius 3 is 2.68 bits per heavy atom. The molecular weight excluding hydrogens is 404 g/mol. The Hall–Kier alpha value is -2.71. The number of aromatic nitrogens is 2. The van der Waals surface area contributed by atoms with Crippen LogP contribution in [0.1, 0.15) is 69.4 Å². The van der Waals surface area contributed by atoms with Gasteiger partial charge in [0.2, 0.25) is 5.82 Å². The zero-order valence-electron chi connectivity index (χ0n) is 18.2. The minimum atomic E-state index is -2.92. The topological polar surface area (TPSA) is 103 Å². The van der Waals surface area contributed by atoms with Gasteiger partial charge in [0, 0.05) is 5.56 Å². The third kappa shape index (κ3) is 5.92. The van der Waals surface area contributed by atoms with Gasteiger partial charge in [0.25, 0.3) is 11.8 Å². The van der Waals surface area contributed by atoms with E-state index in [1.807, 2.05) is 25.1 Å². The molecule has 7 nitrogen and oxygen atoms in total. The highest BCUT2D eigenvalue weighted by atomic mass is 19.3. The number of alkyl halides is 2. The van der Waals surface area contributed by atoms with Crippen LogP contribution in [0.5, 0.6) is 5.75 Å². The largest absolute Gasteiger partial charge is 0.493 e. The summed E-state index contributed by atoms with van der Waals surface area (Å²) in [7, 11) is 0. The van der Waals surface area contributed by atoms with Crippen LogP contribution in [0.25, 0.3) is 11.4 Å². The van der Waals surface area contributed by atoms with Crippen LogP contribution in [0.2, 0.25) is 0 Å². The van der Waals surface area contributed by atoms with Crippen LogP contribution >= 0.6 is 0 Å². The van der Waals surface area contributed by atoms with Gasteiger partial charge in [0.1, 0.15) is 12.3 Å². The van der Waals surface area contributed by atoms with Crippen molar-refractivity contribution in [2.45, 2.75) is 70.8 Å². The van der Waals surface area contributed by atoms with E-state index in [-0.39, 0.29) is 11.9 Å². The van der Waals surface area contributed by atoms with Crippen molar-refractivity contribution in [3.05, 3.63) is 29.7 Å². The summed E-state index contributed by atoms with van der Waals surface area (Å²) in [5.74, 6) is -1.90. The van der Waals surface area contributed by atoms with Gasteiger partial charge in [-0.1, -0.05) is 44.2 Å². The molecule has 170 valence electrons. The molecule has 1 aromatic heterocycles. The number of halogens is 2. The lowest BCUT2D eigenvalue weighted by atomic mass is 10.1. The normalized spacial score (nSPS) is 17.8. The third-order valence-electron chi connectivity index (χ3n) is 5.52. The zero-order valence-corrected chi connectivity index (χ0v) is 18.2. The number of hydrogen-bond donors (Lipinski definition) is 2. The van der Waals surface area contributed by atoms with Gasteiger partial charge in [0.05, 0.1) is 13.0 Å². The fourth-order valence-electron chi connectivity index (χ4n) is 3.81. The van der Waals surface area contributed by atoms with Gasteiger partial charge in [-0.25, -0.2) is 13.4 Å². The van der Waals surface area contributed by atoms with Crippen LogP contribution in [-0.4, -0.2) is 39.7 Å². The molecule has 3 rings (SSSR count). The van der Waals surface area contributed by atoms with Crippen molar-refractivity contribution in [3.8, 4) is 17.1 Å². The molecule has 2 heterocycles. The summed E-state index contributed by atoms with van der Waals surface area (Å²) in [6.07, 6.45) is 6.79. The highest BCUT2D eigenvalue weighted by molar-refractivity contribution is 5.70. The summed E-state index contributed by atoms with van der Waals surface area (Å²) >= 11 is 0. The molecule has 1 fully saturated rings. The van der Waals surface area contributed by atoms with Gasteiger partial charge in [0.15, 0.2) is 6.04 Å². The number of benzene rings is 1. The van der Waals surface area contributed by atoms with Crippen molar-refractivity contribution in [3.63, 3.8) is 0 Å². The molecule has 0 aliphatic carbocycles. The van der Waals surface area contributed by atoms with Crippen molar-refractivity contribution < 1.29 is 22.6 Å². The van der Waals surface area contributed by atoms with Crippen molar-refractivity contribution in [2.75, 3.05) is 13.2 Å². The highest BCUT2D eigenvalue weighted by Crippen LogP contribution is 2.38. The van der Waals surface area contributed by atoms with E-state index in [9.17, 15) is 8.78 Å². The molecule has 0 unspecified atom stereocenters. The maximum Gasteiger partial charge on any atom is 0.342 e. The smallest absolute Gasteiger partial charge is 0.342 e. The lowest BCUT2D eigenvalue weighted by Gasteiger charge is -2.10. The molecule has 2 aromatic rings. The maximum absolute atomic E-state index is 13.9. The van der Waals surface area contributed by atoms with Crippen molar-refractivity contribution in [1.29, 1.82) is 0 Å². The van der Waals surface area contributed by atoms with E-state index in [1.54, 1.807) is 0 Å². The van der Waals surface area contributed by atoms with E-state index in [4.69, 9.17) is 20.7 Å². The summed E-state index contributed by atoms with van der Waals surface area (Å²) in [6.45, 7) is 4.27. The van der Waals surface area contributed by atoms with Crippen LogP contribution in [0.4, 0.5) is 8.78 Å². The number of ether oxygens (including phenoxy) is 1. The van der Waals surface area contributed by atoms with Gasteiger partial charge >= 0.3 is 5.96 Å². The first kappa shape index (κ1) is 23.0. The van der Waals surface area contributed by atoms with Gasteiger partial charge < -0.3 is 9.26 Å². The fraction of sp³-hybridized carbons (Fsp3) is 0.591. The molecule has 31 heavy (non-hydrogen) atoms. The van der Waals surface area contributed by atoms with E-state index in [0.717, 1.165) is 23.3 Å². The van der Waals surface area contributed by atoms with E-state index >= 15 is 0 Å². The van der Waals surface area contributed by atoms with E-state index in [1.165, 1.54) is 36.7 Å². The van der Waals surface area contributed by atoms with E-state index in [2.05, 4.69) is 17.1 Å². The molecule has 0 saturated carbocycles. The fourth-order valence-corrected chi connectivity index (χ4v) is 3.81. The first-order chi connectivity index (χ1) is 14.8. The number of aryl methyl sites for hydroxylation is 1. The predicted octanol–water partition coefficient (Wildman–Crippen LogP) is 4.15. The van der Waals surface area contributed by atoms with Crippen molar-refractivity contribution in [2.24, 2.45) is 11.5 Å². The number of unbranched alkanes of at least 4 members (excludes halogenated alkanes) is 5. The Balaban J connectivity index is 1.62. The SMILES string of the molecule is CCCCCCCCOc1ccc(-c2noc([C@@H]3CC(F)(F)C[N+]3=C(N)N)n2)cc1C. The van der Waals surface area contributed by atoms with Gasteiger partial charge in [-0.3, -0.25) is 11.5 Å². The monoisotopic (exact) mass is 436 g/mol. The number of hydrogen-bond acceptors (Lipinski definition) is 4. The summed E-state index contributed by atoms with van der Waals surface area (Å²) in [4.78, 5) is 4.32. The Kier molecular flexibility index (Phi) is 7.46. The van der Waals surface area contributed by atoms with Crippen LogP contribution < -0.4 is 16.2 Å². The number of rotatable bonds is 10.